The van der Waals surface area contributed by atoms with Crippen molar-refractivity contribution in [2.24, 2.45) is 5.92 Å². The highest BCUT2D eigenvalue weighted by molar-refractivity contribution is 5.46. The molecule has 0 amide bonds. The Kier molecular flexibility index (Phi) is 4.24. The number of rotatable bonds is 3. The van der Waals surface area contributed by atoms with Crippen LogP contribution in [0.3, 0.4) is 0 Å². The molecule has 1 saturated heterocycles. The molecule has 8 nitrogen and oxygen atoms in total. The second kappa shape index (κ2) is 6.78. The lowest BCUT2D eigenvalue weighted by atomic mass is 9.79. The van der Waals surface area contributed by atoms with Gasteiger partial charge in [0.15, 0.2) is 0 Å². The van der Waals surface area contributed by atoms with Crippen LogP contribution in [-0.2, 0) is 0 Å². The van der Waals surface area contributed by atoms with Gasteiger partial charge in [-0.15, -0.1) is 0 Å². The van der Waals surface area contributed by atoms with Crippen molar-refractivity contribution in [3.8, 4) is 5.75 Å². The van der Waals surface area contributed by atoms with Crippen molar-refractivity contribution in [2.75, 3.05) is 24.2 Å². The summed E-state index contributed by atoms with van der Waals surface area (Å²) in [5.41, 5.74) is 12.7. The van der Waals surface area contributed by atoms with Gasteiger partial charge in [0.1, 0.15) is 29.8 Å². The Balaban J connectivity index is 1.38. The Hall–Kier alpha value is -2.59. The smallest absolute Gasteiger partial charge is 0.228 e. The first-order valence-corrected chi connectivity index (χ1v) is 9.45. The molecule has 148 valence electrons. The van der Waals surface area contributed by atoms with Gasteiger partial charge in [-0.3, -0.25) is 10.9 Å². The summed E-state index contributed by atoms with van der Waals surface area (Å²) < 4.78 is 33.0. The second-order valence-corrected chi connectivity index (χ2v) is 7.58. The summed E-state index contributed by atoms with van der Waals surface area (Å²) >= 11 is 0. The van der Waals surface area contributed by atoms with E-state index in [-0.39, 0.29) is 35.7 Å². The predicted molar refractivity (Wildman–Crippen MR) is 97.5 cm³/mol. The highest BCUT2D eigenvalue weighted by atomic mass is 19.1. The van der Waals surface area contributed by atoms with Gasteiger partial charge < -0.3 is 15.8 Å². The fraction of sp³-hybridized carbons (Fsp3) is 0.500. The molecule has 0 radical (unpaired) electrons. The predicted octanol–water partition coefficient (Wildman–Crippen LogP) is 1.64. The van der Waals surface area contributed by atoms with Crippen LogP contribution in [0.1, 0.15) is 42.6 Å². The van der Waals surface area contributed by atoms with Gasteiger partial charge in [-0.05, 0) is 25.2 Å². The highest BCUT2D eigenvalue weighted by Gasteiger charge is 2.36. The van der Waals surface area contributed by atoms with Gasteiger partial charge in [-0.1, -0.05) is 0 Å². The van der Waals surface area contributed by atoms with Gasteiger partial charge in [0.05, 0.1) is 11.6 Å². The zero-order chi connectivity index (χ0) is 19.3. The van der Waals surface area contributed by atoms with Crippen molar-refractivity contribution in [3.05, 3.63) is 35.2 Å². The summed E-state index contributed by atoms with van der Waals surface area (Å²) in [6.07, 6.45) is 2.99. The van der Waals surface area contributed by atoms with Gasteiger partial charge in [0.25, 0.3) is 0 Å². The number of aromatic nitrogens is 3. The van der Waals surface area contributed by atoms with Crippen molar-refractivity contribution < 1.29 is 13.5 Å². The summed E-state index contributed by atoms with van der Waals surface area (Å²) in [5, 5.41) is 3.07. The Morgan fingerprint density at radius 3 is 2.96 bits per heavy atom. The molecular formula is C18H21F2N7O. The molecular weight excluding hydrogens is 368 g/mol. The van der Waals surface area contributed by atoms with E-state index in [4.69, 9.17) is 10.5 Å². The van der Waals surface area contributed by atoms with E-state index in [1.807, 2.05) is 0 Å². The summed E-state index contributed by atoms with van der Waals surface area (Å²) in [6, 6.07) is 1.89. The van der Waals surface area contributed by atoms with Crippen molar-refractivity contribution in [2.45, 2.75) is 37.3 Å². The first-order valence-electron chi connectivity index (χ1n) is 9.45. The lowest BCUT2D eigenvalue weighted by molar-refractivity contribution is 0.296. The third-order valence-electron chi connectivity index (χ3n) is 5.79. The fourth-order valence-electron chi connectivity index (χ4n) is 4.41. The van der Waals surface area contributed by atoms with Crippen LogP contribution in [-0.4, -0.2) is 34.1 Å². The van der Waals surface area contributed by atoms with Crippen LogP contribution in [0, 0.1) is 17.6 Å². The Morgan fingerprint density at radius 2 is 2.07 bits per heavy atom. The summed E-state index contributed by atoms with van der Waals surface area (Å²) in [5.74, 6) is 0.690. The number of hydrogen-bond acceptors (Lipinski definition) is 8. The molecule has 3 heterocycles. The number of nitrogens with one attached hydrogen (secondary N) is 3. The average Bonchev–Trinajstić information content (AvgIpc) is 3.27. The fourth-order valence-corrected chi connectivity index (χ4v) is 4.41. The highest BCUT2D eigenvalue weighted by Crippen LogP contribution is 2.38. The molecule has 0 bridgehead atoms. The normalized spacial score (nSPS) is 28.5. The van der Waals surface area contributed by atoms with E-state index in [0.29, 0.717) is 17.8 Å². The number of nitrogens with zero attached hydrogens (tertiary/aromatic N) is 3. The molecule has 1 saturated carbocycles. The van der Waals surface area contributed by atoms with E-state index in [9.17, 15) is 8.78 Å². The molecule has 28 heavy (non-hydrogen) atoms. The maximum absolute atomic E-state index is 14.2. The number of anilines is 2. The van der Waals surface area contributed by atoms with Crippen LogP contribution < -0.4 is 26.6 Å². The number of benzene rings is 1. The Labute approximate surface area is 160 Å². The minimum absolute atomic E-state index is 0.117. The second-order valence-electron chi connectivity index (χ2n) is 7.58. The quantitative estimate of drug-likeness (QED) is 0.627. The van der Waals surface area contributed by atoms with Crippen LogP contribution >= 0.6 is 0 Å². The monoisotopic (exact) mass is 389 g/mol. The van der Waals surface area contributed by atoms with E-state index in [1.165, 1.54) is 6.07 Å². The lowest BCUT2D eigenvalue weighted by Crippen LogP contribution is -2.36. The zero-order valence-electron chi connectivity index (χ0n) is 15.1. The summed E-state index contributed by atoms with van der Waals surface area (Å²) in [6.45, 7) is 1.14. The molecule has 5 N–H and O–H groups in total. The first-order chi connectivity index (χ1) is 13.6. The largest absolute Gasteiger partial charge is 0.490 e. The van der Waals surface area contributed by atoms with Gasteiger partial charge >= 0.3 is 0 Å². The molecule has 0 spiro atoms. The molecule has 2 aliphatic heterocycles. The topological polar surface area (TPSA) is 110 Å². The van der Waals surface area contributed by atoms with Crippen molar-refractivity contribution in [1.82, 2.24) is 25.8 Å². The number of hydrazine groups is 1. The van der Waals surface area contributed by atoms with Gasteiger partial charge in [0, 0.05) is 30.6 Å². The molecule has 1 aliphatic carbocycles. The summed E-state index contributed by atoms with van der Waals surface area (Å²) in [4.78, 5) is 13.0. The minimum atomic E-state index is -0.672. The van der Waals surface area contributed by atoms with Crippen LogP contribution in [0.2, 0.25) is 0 Å². The molecule has 1 aromatic carbocycles. The van der Waals surface area contributed by atoms with Gasteiger partial charge in [-0.25, -0.2) is 8.78 Å². The van der Waals surface area contributed by atoms with E-state index in [0.717, 1.165) is 31.9 Å². The molecule has 1 aromatic heterocycles. The number of ether oxygens (including phenoxy) is 1. The van der Waals surface area contributed by atoms with Gasteiger partial charge in [0.2, 0.25) is 11.9 Å². The number of nitrogen functional groups attached to an aromatic ring is 1. The Morgan fingerprint density at radius 1 is 1.18 bits per heavy atom. The maximum atomic E-state index is 14.2. The zero-order valence-corrected chi connectivity index (χ0v) is 15.1. The third-order valence-corrected chi connectivity index (χ3v) is 5.79. The molecule has 2 fully saturated rings. The molecule has 2 aromatic rings. The number of hydrogen-bond donors (Lipinski definition) is 4. The summed E-state index contributed by atoms with van der Waals surface area (Å²) in [7, 11) is 0. The van der Waals surface area contributed by atoms with Gasteiger partial charge in [-0.2, -0.15) is 15.0 Å². The number of halogens is 2. The van der Waals surface area contributed by atoms with E-state index in [1.54, 1.807) is 0 Å². The number of nitrogens with two attached hydrogens (primary N) is 1. The van der Waals surface area contributed by atoms with Crippen molar-refractivity contribution in [3.63, 3.8) is 0 Å². The standard InChI is InChI=1S/C18H21F2N7O/c19-10-4-11(20)15-13(7-28-14(15)5-10)23-18-25-16(24-17(21)26-18)8-1-2-9-6-22-27-12(9)3-8/h4-5,8-9,12-13,22,27H,1-3,6-7H2,(H3,21,23,24,25,26). The van der Waals surface area contributed by atoms with Crippen LogP contribution in [0.5, 0.6) is 5.75 Å². The molecule has 4 unspecified atom stereocenters. The number of fused-ring (bicyclic) bond motifs is 2. The van der Waals surface area contributed by atoms with E-state index in [2.05, 4.69) is 31.1 Å². The molecule has 3 aliphatic rings. The van der Waals surface area contributed by atoms with Crippen molar-refractivity contribution in [1.29, 1.82) is 0 Å². The van der Waals surface area contributed by atoms with Crippen LogP contribution in [0.15, 0.2) is 12.1 Å². The van der Waals surface area contributed by atoms with Crippen LogP contribution in [0.25, 0.3) is 0 Å². The van der Waals surface area contributed by atoms with Crippen molar-refractivity contribution >= 4 is 11.9 Å². The Bertz CT molecular complexity index is 912. The average molecular weight is 389 g/mol. The third kappa shape index (κ3) is 3.12. The maximum Gasteiger partial charge on any atom is 0.228 e. The first kappa shape index (κ1) is 17.5. The van der Waals surface area contributed by atoms with E-state index < -0.39 is 17.7 Å². The molecule has 10 heteroatoms. The molecule has 4 atom stereocenters. The molecule has 5 rings (SSSR count). The minimum Gasteiger partial charge on any atom is -0.490 e. The lowest BCUT2D eigenvalue weighted by Gasteiger charge is -2.30. The van der Waals surface area contributed by atoms with E-state index >= 15 is 0 Å². The van der Waals surface area contributed by atoms with Crippen LogP contribution in [0.4, 0.5) is 20.7 Å². The SMILES string of the molecule is Nc1nc(NC2COc3cc(F)cc(F)c32)nc(C2CCC3CNNC3C2)n1.